The molecule has 0 aliphatic heterocycles. The number of H-pyrrole nitrogens is 1. The van der Waals surface area contributed by atoms with Crippen LogP contribution in [-0.2, 0) is 11.3 Å². The number of carbonyl (C=O) groups excluding carboxylic acids is 1. The van der Waals surface area contributed by atoms with Gasteiger partial charge in [0.2, 0.25) is 5.91 Å². The van der Waals surface area contributed by atoms with Crippen LogP contribution >= 0.6 is 28.1 Å². The summed E-state index contributed by atoms with van der Waals surface area (Å²) in [5.74, 6) is 0.711. The van der Waals surface area contributed by atoms with Gasteiger partial charge in [-0.15, -0.1) is 0 Å². The molecule has 2 aromatic carbocycles. The van der Waals surface area contributed by atoms with Crippen molar-refractivity contribution in [2.45, 2.75) is 32.9 Å². The van der Waals surface area contributed by atoms with E-state index in [9.17, 15) is 4.79 Å². The van der Waals surface area contributed by atoms with Gasteiger partial charge in [0.15, 0.2) is 10.6 Å². The highest BCUT2D eigenvalue weighted by atomic mass is 79.9. The first-order valence-corrected chi connectivity index (χ1v) is 9.92. The minimum Gasteiger partial charge on any atom is -0.349 e. The van der Waals surface area contributed by atoms with Crippen molar-refractivity contribution in [2.75, 3.05) is 0 Å². The molecule has 3 aromatic rings. The van der Waals surface area contributed by atoms with Crippen LogP contribution in [0.4, 0.5) is 0 Å². The molecule has 7 heteroatoms. The maximum Gasteiger partial charge on any atom is 0.222 e. The number of hydrogen-bond donors (Lipinski definition) is 2. The highest BCUT2D eigenvalue weighted by Crippen LogP contribution is 2.23. The van der Waals surface area contributed by atoms with Crippen LogP contribution < -0.4 is 5.32 Å². The number of amides is 1. The van der Waals surface area contributed by atoms with E-state index in [0.29, 0.717) is 17.7 Å². The summed E-state index contributed by atoms with van der Waals surface area (Å²) in [6.45, 7) is 4.48. The van der Waals surface area contributed by atoms with Gasteiger partial charge in [-0.25, -0.2) is 0 Å². The fourth-order valence-corrected chi connectivity index (χ4v) is 3.73. The lowest BCUT2D eigenvalue weighted by molar-refractivity contribution is -0.121. The highest BCUT2D eigenvalue weighted by Gasteiger charge is 2.14. The summed E-state index contributed by atoms with van der Waals surface area (Å²) in [6.07, 6.45) is 0.321. The second kappa shape index (κ2) is 8.63. The van der Waals surface area contributed by atoms with E-state index in [2.05, 4.69) is 31.4 Å². The number of aromatic nitrogens is 3. The average molecular weight is 445 g/mol. The van der Waals surface area contributed by atoms with Crippen LogP contribution in [0, 0.1) is 11.7 Å². The van der Waals surface area contributed by atoms with Crippen LogP contribution in [0.3, 0.4) is 0 Å². The van der Waals surface area contributed by atoms with Crippen LogP contribution in [0.5, 0.6) is 0 Å². The van der Waals surface area contributed by atoms with Crippen molar-refractivity contribution in [3.8, 4) is 11.4 Å². The molecule has 0 spiro atoms. The zero-order valence-corrected chi connectivity index (χ0v) is 17.6. The molecule has 1 aromatic heterocycles. The fourth-order valence-electron chi connectivity index (χ4n) is 2.88. The number of hydrogen-bond acceptors (Lipinski definition) is 3. The van der Waals surface area contributed by atoms with Gasteiger partial charge in [-0.05, 0) is 37.7 Å². The van der Waals surface area contributed by atoms with Crippen LogP contribution in [0.25, 0.3) is 11.4 Å². The summed E-state index contributed by atoms with van der Waals surface area (Å²) in [5.41, 5.74) is 3.20. The normalized spacial score (nSPS) is 12.0. The molecule has 1 heterocycles. The van der Waals surface area contributed by atoms with E-state index in [1.807, 2.05) is 66.9 Å². The second-order valence-corrected chi connectivity index (χ2v) is 7.67. The van der Waals surface area contributed by atoms with E-state index in [4.69, 9.17) is 12.2 Å². The fraction of sp³-hybridized carbons (Fsp3) is 0.250. The van der Waals surface area contributed by atoms with Crippen LogP contribution in [-0.4, -0.2) is 20.7 Å². The lowest BCUT2D eigenvalue weighted by Crippen LogP contribution is -2.27. The molecule has 2 N–H and O–H groups in total. The van der Waals surface area contributed by atoms with Crippen LogP contribution in [0.2, 0.25) is 0 Å². The monoisotopic (exact) mass is 444 g/mol. The molecule has 0 aliphatic carbocycles. The Morgan fingerprint density at radius 3 is 2.67 bits per heavy atom. The largest absolute Gasteiger partial charge is 0.349 e. The number of nitrogens with one attached hydrogen (secondary N) is 2. The SMILES string of the molecule is Cc1ccc(-c2n[nH]c(=S)n2CCC(=O)N[C@@H](C)c2ccccc2Br)cc1. The van der Waals surface area contributed by atoms with Gasteiger partial charge in [0, 0.05) is 23.0 Å². The molecule has 0 unspecified atom stereocenters. The Hall–Kier alpha value is -2.25. The standard InChI is InChI=1S/C20H21BrN4OS/c1-13-7-9-15(10-8-13)19-23-24-20(27)25(19)12-11-18(26)22-14(2)16-5-3-4-6-17(16)21/h3-10,14H,11-12H2,1-2H3,(H,22,26)(H,24,27)/t14-/m0/s1. The van der Waals surface area contributed by atoms with Gasteiger partial charge < -0.3 is 5.32 Å². The Balaban J connectivity index is 1.67. The molecule has 0 saturated carbocycles. The molecule has 5 nitrogen and oxygen atoms in total. The third kappa shape index (κ3) is 4.73. The zero-order valence-electron chi connectivity index (χ0n) is 15.2. The number of aromatic amines is 1. The van der Waals surface area contributed by atoms with Crippen molar-refractivity contribution < 1.29 is 4.79 Å². The Labute approximate surface area is 171 Å². The molecule has 1 atom stereocenters. The van der Waals surface area contributed by atoms with E-state index >= 15 is 0 Å². The summed E-state index contributed by atoms with van der Waals surface area (Å²) in [6, 6.07) is 15.9. The van der Waals surface area contributed by atoms with E-state index in [1.54, 1.807) is 0 Å². The predicted molar refractivity (Wildman–Crippen MR) is 113 cm³/mol. The smallest absolute Gasteiger partial charge is 0.222 e. The molecule has 0 fully saturated rings. The van der Waals surface area contributed by atoms with E-state index in [1.165, 1.54) is 5.56 Å². The summed E-state index contributed by atoms with van der Waals surface area (Å²) >= 11 is 8.86. The van der Waals surface area contributed by atoms with E-state index in [0.717, 1.165) is 21.4 Å². The molecule has 1 amide bonds. The van der Waals surface area contributed by atoms with Gasteiger partial charge in [-0.2, -0.15) is 5.10 Å². The molecule has 3 rings (SSSR count). The van der Waals surface area contributed by atoms with E-state index in [-0.39, 0.29) is 11.9 Å². The number of rotatable bonds is 6. The zero-order chi connectivity index (χ0) is 19.4. The van der Waals surface area contributed by atoms with Crippen molar-refractivity contribution in [2.24, 2.45) is 0 Å². The maximum atomic E-state index is 12.4. The second-order valence-electron chi connectivity index (χ2n) is 6.43. The topological polar surface area (TPSA) is 62.7 Å². The predicted octanol–water partition coefficient (Wildman–Crippen LogP) is 4.95. The van der Waals surface area contributed by atoms with Crippen molar-refractivity contribution >= 4 is 34.1 Å². The molecule has 140 valence electrons. The molecule has 0 saturated heterocycles. The van der Waals surface area contributed by atoms with Gasteiger partial charge in [0.25, 0.3) is 0 Å². The third-order valence-electron chi connectivity index (χ3n) is 4.38. The summed E-state index contributed by atoms with van der Waals surface area (Å²) in [7, 11) is 0. The van der Waals surface area contributed by atoms with Gasteiger partial charge >= 0.3 is 0 Å². The molecular formula is C20H21BrN4OS. The first kappa shape index (κ1) is 19.5. The Morgan fingerprint density at radius 1 is 1.26 bits per heavy atom. The number of halogens is 1. The molecule has 0 aliphatic rings. The number of nitrogens with zero attached hydrogens (tertiary/aromatic N) is 2. The van der Waals surface area contributed by atoms with Gasteiger partial charge in [0.05, 0.1) is 6.04 Å². The first-order valence-electron chi connectivity index (χ1n) is 8.71. The average Bonchev–Trinajstić information content (AvgIpc) is 3.01. The van der Waals surface area contributed by atoms with Crippen LogP contribution in [0.15, 0.2) is 53.0 Å². The number of aryl methyl sites for hydroxylation is 1. The minimum absolute atomic E-state index is 0.0313. The van der Waals surface area contributed by atoms with E-state index < -0.39 is 0 Å². The summed E-state index contributed by atoms with van der Waals surface area (Å²) in [4.78, 5) is 12.4. The number of carbonyl (C=O) groups is 1. The first-order chi connectivity index (χ1) is 13.0. The van der Waals surface area contributed by atoms with Gasteiger partial charge in [0.1, 0.15) is 0 Å². The van der Waals surface area contributed by atoms with Crippen molar-refractivity contribution in [1.82, 2.24) is 20.1 Å². The Kier molecular flexibility index (Phi) is 6.23. The summed E-state index contributed by atoms with van der Waals surface area (Å²) < 4.78 is 3.36. The highest BCUT2D eigenvalue weighted by molar-refractivity contribution is 9.10. The Morgan fingerprint density at radius 2 is 1.96 bits per heavy atom. The number of benzene rings is 2. The lowest BCUT2D eigenvalue weighted by atomic mass is 10.1. The maximum absolute atomic E-state index is 12.4. The molecule has 0 bridgehead atoms. The summed E-state index contributed by atoms with van der Waals surface area (Å²) in [5, 5.41) is 10.2. The molecule has 27 heavy (non-hydrogen) atoms. The Bertz CT molecular complexity index is 994. The quantitative estimate of drug-likeness (QED) is 0.528. The van der Waals surface area contributed by atoms with Crippen LogP contribution in [0.1, 0.15) is 30.5 Å². The van der Waals surface area contributed by atoms with Gasteiger partial charge in [-0.1, -0.05) is 64.0 Å². The molecule has 0 radical (unpaired) electrons. The van der Waals surface area contributed by atoms with Gasteiger partial charge in [-0.3, -0.25) is 14.5 Å². The molecular weight excluding hydrogens is 424 g/mol. The minimum atomic E-state index is -0.0815. The third-order valence-corrected chi connectivity index (χ3v) is 5.41. The lowest BCUT2D eigenvalue weighted by Gasteiger charge is -2.16. The van der Waals surface area contributed by atoms with Crippen molar-refractivity contribution in [3.63, 3.8) is 0 Å². The van der Waals surface area contributed by atoms with Crippen molar-refractivity contribution in [1.29, 1.82) is 0 Å². The van der Waals surface area contributed by atoms with Crippen molar-refractivity contribution in [3.05, 3.63) is 68.9 Å².